The number of carbonyl (C=O) groups excluding carboxylic acids is 1. The second-order valence-electron chi connectivity index (χ2n) is 6.87. The third-order valence-electron chi connectivity index (χ3n) is 5.01. The van der Waals surface area contributed by atoms with E-state index in [0.29, 0.717) is 23.7 Å². The monoisotopic (exact) mass is 371 g/mol. The molecule has 0 bridgehead atoms. The van der Waals surface area contributed by atoms with Crippen molar-refractivity contribution in [1.29, 1.82) is 0 Å². The maximum Gasteiger partial charge on any atom is 0.257 e. The zero-order valence-corrected chi connectivity index (χ0v) is 15.4. The molecule has 4 rings (SSSR count). The molecule has 0 N–H and O–H groups in total. The summed E-state index contributed by atoms with van der Waals surface area (Å²) in [6.07, 6.45) is 5.82. The van der Waals surface area contributed by atoms with E-state index in [4.69, 9.17) is 16.0 Å². The molecular formula is C20H22ClN3O2. The molecule has 26 heavy (non-hydrogen) atoms. The van der Waals surface area contributed by atoms with Crippen molar-refractivity contribution in [3.8, 4) is 0 Å². The van der Waals surface area contributed by atoms with Crippen molar-refractivity contribution in [1.82, 2.24) is 9.91 Å². The van der Waals surface area contributed by atoms with Gasteiger partial charge >= 0.3 is 0 Å². The van der Waals surface area contributed by atoms with Crippen LogP contribution in [0.5, 0.6) is 0 Å². The normalized spacial score (nSPS) is 21.0. The fourth-order valence-corrected chi connectivity index (χ4v) is 3.89. The highest BCUT2D eigenvalue weighted by atomic mass is 35.5. The molecule has 1 fully saturated rings. The van der Waals surface area contributed by atoms with E-state index in [9.17, 15) is 4.79 Å². The van der Waals surface area contributed by atoms with Crippen molar-refractivity contribution in [2.75, 3.05) is 19.6 Å². The number of likely N-dealkylation sites (tertiary alicyclic amines) is 1. The highest BCUT2D eigenvalue weighted by Gasteiger charge is 2.34. The molecule has 1 unspecified atom stereocenters. The number of rotatable bonds is 4. The third-order valence-corrected chi connectivity index (χ3v) is 5.25. The Morgan fingerprint density at radius 3 is 2.77 bits per heavy atom. The molecule has 1 atom stereocenters. The third kappa shape index (κ3) is 3.69. The highest BCUT2D eigenvalue weighted by molar-refractivity contribution is 6.30. The molecule has 2 aliphatic rings. The quantitative estimate of drug-likeness (QED) is 0.813. The molecule has 0 radical (unpaired) electrons. The number of hydrazone groups is 1. The summed E-state index contributed by atoms with van der Waals surface area (Å²) in [6, 6.07) is 11.2. The van der Waals surface area contributed by atoms with Crippen molar-refractivity contribution < 1.29 is 9.21 Å². The van der Waals surface area contributed by atoms with Crippen LogP contribution < -0.4 is 0 Å². The van der Waals surface area contributed by atoms with Gasteiger partial charge in [-0.25, -0.2) is 5.01 Å². The van der Waals surface area contributed by atoms with Crippen LogP contribution in [-0.2, 0) is 4.79 Å². The van der Waals surface area contributed by atoms with E-state index in [1.165, 1.54) is 6.42 Å². The SMILES string of the molecule is O=C(CN1CCCCC1)N1N=C(c2ccco2)CC1c1cccc(Cl)c1. The van der Waals surface area contributed by atoms with Crippen molar-refractivity contribution in [3.05, 3.63) is 59.0 Å². The molecule has 1 saturated heterocycles. The van der Waals surface area contributed by atoms with Gasteiger partial charge in [-0.15, -0.1) is 0 Å². The maximum absolute atomic E-state index is 13.0. The van der Waals surface area contributed by atoms with E-state index >= 15 is 0 Å². The molecule has 1 amide bonds. The van der Waals surface area contributed by atoms with E-state index in [1.54, 1.807) is 11.3 Å². The number of halogens is 1. The Bertz CT molecular complexity index is 797. The zero-order valence-electron chi connectivity index (χ0n) is 14.6. The minimum absolute atomic E-state index is 0.0263. The summed E-state index contributed by atoms with van der Waals surface area (Å²) in [5.74, 6) is 0.740. The topological polar surface area (TPSA) is 49.1 Å². The first kappa shape index (κ1) is 17.3. The molecule has 5 nitrogen and oxygen atoms in total. The van der Waals surface area contributed by atoms with Crippen molar-refractivity contribution in [2.45, 2.75) is 31.7 Å². The van der Waals surface area contributed by atoms with Gasteiger partial charge in [-0.3, -0.25) is 9.69 Å². The van der Waals surface area contributed by atoms with Gasteiger partial charge in [0.05, 0.1) is 18.8 Å². The zero-order chi connectivity index (χ0) is 17.9. The first-order valence-electron chi connectivity index (χ1n) is 9.12. The van der Waals surface area contributed by atoms with Crippen molar-refractivity contribution >= 4 is 23.2 Å². The van der Waals surface area contributed by atoms with Crippen LogP contribution in [0, 0.1) is 0 Å². The van der Waals surface area contributed by atoms with Crippen LogP contribution in [0.15, 0.2) is 52.2 Å². The average Bonchev–Trinajstić information content (AvgIpc) is 3.32. The van der Waals surface area contributed by atoms with E-state index < -0.39 is 0 Å². The Morgan fingerprint density at radius 1 is 1.19 bits per heavy atom. The minimum atomic E-state index is -0.147. The summed E-state index contributed by atoms with van der Waals surface area (Å²) < 4.78 is 5.50. The van der Waals surface area contributed by atoms with Crippen LogP contribution in [0.1, 0.15) is 43.0 Å². The van der Waals surface area contributed by atoms with Crippen LogP contribution in [0.4, 0.5) is 0 Å². The number of hydrogen-bond acceptors (Lipinski definition) is 4. The average molecular weight is 372 g/mol. The minimum Gasteiger partial charge on any atom is -0.463 e. The highest BCUT2D eigenvalue weighted by Crippen LogP contribution is 2.34. The predicted molar refractivity (Wildman–Crippen MR) is 101 cm³/mol. The number of piperidine rings is 1. The van der Waals surface area contributed by atoms with E-state index in [-0.39, 0.29) is 11.9 Å². The number of benzene rings is 1. The first-order chi connectivity index (χ1) is 12.7. The molecule has 0 spiro atoms. The van der Waals surface area contributed by atoms with Gasteiger partial charge in [-0.05, 0) is 55.8 Å². The number of amides is 1. The molecule has 136 valence electrons. The molecule has 3 heterocycles. The largest absolute Gasteiger partial charge is 0.463 e. The van der Waals surface area contributed by atoms with E-state index in [1.807, 2.05) is 36.4 Å². The Hall–Kier alpha value is -2.11. The molecule has 1 aromatic carbocycles. The molecule has 2 aromatic rings. The number of hydrogen-bond donors (Lipinski definition) is 0. The molecule has 0 aliphatic carbocycles. The van der Waals surface area contributed by atoms with Crippen molar-refractivity contribution in [2.24, 2.45) is 5.10 Å². The summed E-state index contributed by atoms with van der Waals surface area (Å²) in [5.41, 5.74) is 1.79. The Balaban J connectivity index is 1.58. The van der Waals surface area contributed by atoms with Crippen LogP contribution in [0.25, 0.3) is 0 Å². The van der Waals surface area contributed by atoms with Gasteiger partial charge < -0.3 is 4.42 Å². The summed E-state index contributed by atoms with van der Waals surface area (Å²) >= 11 is 6.17. The van der Waals surface area contributed by atoms with Gasteiger partial charge in [-0.1, -0.05) is 30.2 Å². The summed E-state index contributed by atoms with van der Waals surface area (Å²) in [6.45, 7) is 2.37. The van der Waals surface area contributed by atoms with Gasteiger partial charge in [0.1, 0.15) is 11.5 Å². The predicted octanol–water partition coefficient (Wildman–Crippen LogP) is 4.10. The van der Waals surface area contributed by atoms with Crippen LogP contribution in [0.3, 0.4) is 0 Å². The second-order valence-corrected chi connectivity index (χ2v) is 7.31. The lowest BCUT2D eigenvalue weighted by Crippen LogP contribution is -2.40. The summed E-state index contributed by atoms with van der Waals surface area (Å²) in [7, 11) is 0. The number of carbonyl (C=O) groups is 1. The Labute approximate surface area is 158 Å². The van der Waals surface area contributed by atoms with Gasteiger partial charge in [-0.2, -0.15) is 5.10 Å². The molecule has 2 aliphatic heterocycles. The second kappa shape index (κ2) is 7.64. The fraction of sp³-hybridized carbons (Fsp3) is 0.400. The molecule has 1 aromatic heterocycles. The van der Waals surface area contributed by atoms with Crippen molar-refractivity contribution in [3.63, 3.8) is 0 Å². The lowest BCUT2D eigenvalue weighted by atomic mass is 10.0. The standard InChI is InChI=1S/C20H22ClN3O2/c21-16-7-4-6-15(12-16)18-13-17(19-8-5-11-26-19)22-24(18)20(25)14-23-9-2-1-3-10-23/h4-8,11-12,18H,1-3,9-10,13-14H2. The molecule has 0 saturated carbocycles. The van der Waals surface area contributed by atoms with Gasteiger partial charge in [0, 0.05) is 11.4 Å². The Kier molecular flexibility index (Phi) is 5.09. The summed E-state index contributed by atoms with van der Waals surface area (Å²) in [5, 5.41) is 6.91. The van der Waals surface area contributed by atoms with Gasteiger partial charge in [0.2, 0.25) is 0 Å². The Morgan fingerprint density at radius 2 is 2.04 bits per heavy atom. The van der Waals surface area contributed by atoms with E-state index in [2.05, 4.69) is 10.0 Å². The molecular weight excluding hydrogens is 350 g/mol. The number of nitrogens with zero attached hydrogens (tertiary/aromatic N) is 3. The van der Waals surface area contributed by atoms with Gasteiger partial charge in [0.15, 0.2) is 0 Å². The fourth-order valence-electron chi connectivity index (χ4n) is 3.69. The van der Waals surface area contributed by atoms with Gasteiger partial charge in [0.25, 0.3) is 5.91 Å². The molecule has 6 heteroatoms. The van der Waals surface area contributed by atoms with E-state index in [0.717, 1.165) is 37.2 Å². The van der Waals surface area contributed by atoms with Crippen LogP contribution in [0.2, 0.25) is 5.02 Å². The first-order valence-corrected chi connectivity index (χ1v) is 9.50. The summed E-state index contributed by atoms with van der Waals surface area (Å²) in [4.78, 5) is 15.2. The maximum atomic E-state index is 13.0. The lowest BCUT2D eigenvalue weighted by molar-refractivity contribution is -0.134. The lowest BCUT2D eigenvalue weighted by Gasteiger charge is -2.29. The number of furan rings is 1. The van der Waals surface area contributed by atoms with Crippen LogP contribution in [-0.4, -0.2) is 41.2 Å². The smallest absolute Gasteiger partial charge is 0.257 e. The van der Waals surface area contributed by atoms with Crippen LogP contribution >= 0.6 is 11.6 Å².